The summed E-state index contributed by atoms with van der Waals surface area (Å²) < 4.78 is 5.38. The van der Waals surface area contributed by atoms with Crippen LogP contribution >= 0.6 is 0 Å². The molecular weight excluding hydrogens is 446 g/mol. The van der Waals surface area contributed by atoms with Gasteiger partial charge in [0.2, 0.25) is 11.8 Å². The third kappa shape index (κ3) is 10.7. The molecule has 1 rings (SSSR count). The third-order valence-electron chi connectivity index (χ3n) is 5.35. The van der Waals surface area contributed by atoms with Crippen LogP contribution in [0.4, 0.5) is 4.79 Å². The highest BCUT2D eigenvalue weighted by Crippen LogP contribution is 2.25. The number of rotatable bonds is 12. The second kappa shape index (κ2) is 14.1. The molecule has 0 aliphatic carbocycles. The molecule has 0 aliphatic rings. The molecule has 1 aromatic rings. The number of aliphatic hydroxyl groups excluding tert-OH is 1. The van der Waals surface area contributed by atoms with Gasteiger partial charge in [0.05, 0.1) is 6.61 Å². The SMILES string of the molecule is CCCC(C)NC(=O)C(c1cccc(C)c1)N(CCO)C(=O)C(CC(C)C)NC(=O)OC(C)(C)C. The molecule has 3 N–H and O–H groups in total. The van der Waals surface area contributed by atoms with Crippen molar-refractivity contribution in [2.24, 2.45) is 5.92 Å². The maximum Gasteiger partial charge on any atom is 0.408 e. The highest BCUT2D eigenvalue weighted by Gasteiger charge is 2.36. The average molecular weight is 492 g/mol. The van der Waals surface area contributed by atoms with Gasteiger partial charge in [0.15, 0.2) is 0 Å². The van der Waals surface area contributed by atoms with Crippen molar-refractivity contribution in [2.75, 3.05) is 13.2 Å². The lowest BCUT2D eigenvalue weighted by Crippen LogP contribution is -2.54. The van der Waals surface area contributed by atoms with Gasteiger partial charge in [-0.15, -0.1) is 0 Å². The Morgan fingerprint density at radius 2 is 1.77 bits per heavy atom. The van der Waals surface area contributed by atoms with Gasteiger partial charge in [-0.05, 0) is 58.9 Å². The highest BCUT2D eigenvalue weighted by atomic mass is 16.6. The molecule has 0 radical (unpaired) electrons. The van der Waals surface area contributed by atoms with Crippen LogP contribution in [0, 0.1) is 12.8 Å². The first-order valence-corrected chi connectivity index (χ1v) is 12.6. The molecular formula is C27H45N3O5. The maximum absolute atomic E-state index is 13.9. The number of aryl methyl sites for hydroxylation is 1. The Bertz CT molecular complexity index is 834. The van der Waals surface area contributed by atoms with E-state index in [9.17, 15) is 19.5 Å². The van der Waals surface area contributed by atoms with Crippen LogP contribution in [0.2, 0.25) is 0 Å². The van der Waals surface area contributed by atoms with Gasteiger partial charge in [-0.3, -0.25) is 9.59 Å². The van der Waals surface area contributed by atoms with E-state index in [2.05, 4.69) is 10.6 Å². The Kier molecular flexibility index (Phi) is 12.2. The molecule has 3 unspecified atom stereocenters. The molecule has 0 aromatic heterocycles. The molecule has 8 heteroatoms. The van der Waals surface area contributed by atoms with Crippen LogP contribution in [0.5, 0.6) is 0 Å². The molecule has 0 aliphatic heterocycles. The van der Waals surface area contributed by atoms with E-state index in [1.165, 1.54) is 4.90 Å². The van der Waals surface area contributed by atoms with Crippen molar-refractivity contribution in [3.8, 4) is 0 Å². The van der Waals surface area contributed by atoms with Crippen LogP contribution < -0.4 is 10.6 Å². The average Bonchev–Trinajstić information content (AvgIpc) is 2.71. The smallest absolute Gasteiger partial charge is 0.408 e. The van der Waals surface area contributed by atoms with Crippen molar-refractivity contribution in [3.63, 3.8) is 0 Å². The highest BCUT2D eigenvalue weighted by molar-refractivity contribution is 5.92. The number of amides is 3. The summed E-state index contributed by atoms with van der Waals surface area (Å²) >= 11 is 0. The Balaban J connectivity index is 3.42. The summed E-state index contributed by atoms with van der Waals surface area (Å²) in [5.41, 5.74) is 0.872. The zero-order chi connectivity index (χ0) is 26.8. The zero-order valence-corrected chi connectivity index (χ0v) is 22.7. The van der Waals surface area contributed by atoms with E-state index >= 15 is 0 Å². The van der Waals surface area contributed by atoms with Gasteiger partial charge in [0.1, 0.15) is 17.7 Å². The first-order chi connectivity index (χ1) is 16.3. The lowest BCUT2D eigenvalue weighted by molar-refractivity contribution is -0.143. The molecule has 0 heterocycles. The summed E-state index contributed by atoms with van der Waals surface area (Å²) in [4.78, 5) is 41.3. The van der Waals surface area contributed by atoms with E-state index in [0.29, 0.717) is 12.0 Å². The fraction of sp³-hybridized carbons (Fsp3) is 0.667. The number of carbonyl (C=O) groups is 3. The standard InChI is InChI=1S/C27H45N3O5/c1-9-11-20(5)28-24(32)23(21-13-10-12-19(4)17-21)30(14-15-31)25(33)22(16-18(2)3)29-26(34)35-27(6,7)8/h10,12-13,17-18,20,22-23,31H,9,11,14-16H2,1-8H3,(H,28,32)(H,29,34). The summed E-state index contributed by atoms with van der Waals surface area (Å²) in [6.07, 6.45) is 1.37. The fourth-order valence-electron chi connectivity index (χ4n) is 3.96. The van der Waals surface area contributed by atoms with Crippen LogP contribution in [0.25, 0.3) is 0 Å². The van der Waals surface area contributed by atoms with E-state index in [0.717, 1.165) is 18.4 Å². The Hall–Kier alpha value is -2.61. The summed E-state index contributed by atoms with van der Waals surface area (Å²) in [5.74, 6) is -0.673. The Morgan fingerprint density at radius 1 is 1.11 bits per heavy atom. The van der Waals surface area contributed by atoms with Crippen molar-refractivity contribution >= 4 is 17.9 Å². The van der Waals surface area contributed by atoms with Gasteiger partial charge in [-0.2, -0.15) is 0 Å². The quantitative estimate of drug-likeness (QED) is 0.408. The number of alkyl carbamates (subject to hydrolysis) is 1. The molecule has 0 saturated carbocycles. The molecule has 0 saturated heterocycles. The minimum Gasteiger partial charge on any atom is -0.444 e. The van der Waals surface area contributed by atoms with Crippen LogP contribution in [0.1, 0.15) is 84.9 Å². The van der Waals surface area contributed by atoms with Gasteiger partial charge in [0.25, 0.3) is 0 Å². The monoisotopic (exact) mass is 491 g/mol. The first kappa shape index (κ1) is 30.4. The van der Waals surface area contributed by atoms with Gasteiger partial charge in [-0.25, -0.2) is 4.79 Å². The molecule has 0 bridgehead atoms. The number of hydrogen-bond acceptors (Lipinski definition) is 5. The van der Waals surface area contributed by atoms with E-state index in [1.807, 2.05) is 52.8 Å². The van der Waals surface area contributed by atoms with Crippen LogP contribution in [-0.2, 0) is 14.3 Å². The van der Waals surface area contributed by atoms with Gasteiger partial charge < -0.3 is 25.4 Å². The number of benzene rings is 1. The molecule has 0 spiro atoms. The molecule has 1 aromatic carbocycles. The molecule has 3 atom stereocenters. The first-order valence-electron chi connectivity index (χ1n) is 12.6. The van der Waals surface area contributed by atoms with Crippen LogP contribution in [-0.4, -0.2) is 58.8 Å². The van der Waals surface area contributed by atoms with E-state index in [4.69, 9.17) is 4.74 Å². The number of nitrogens with one attached hydrogen (secondary N) is 2. The van der Waals surface area contributed by atoms with Crippen molar-refractivity contribution in [2.45, 2.75) is 98.4 Å². The zero-order valence-electron chi connectivity index (χ0n) is 22.7. The van der Waals surface area contributed by atoms with Gasteiger partial charge in [-0.1, -0.05) is 57.0 Å². The molecule has 198 valence electrons. The predicted octanol–water partition coefficient (Wildman–Crippen LogP) is 4.10. The third-order valence-corrected chi connectivity index (χ3v) is 5.35. The van der Waals surface area contributed by atoms with E-state index in [1.54, 1.807) is 26.8 Å². The van der Waals surface area contributed by atoms with Gasteiger partial charge in [0, 0.05) is 12.6 Å². The number of hydrogen-bond donors (Lipinski definition) is 3. The Morgan fingerprint density at radius 3 is 2.29 bits per heavy atom. The largest absolute Gasteiger partial charge is 0.444 e. The van der Waals surface area contributed by atoms with Crippen LogP contribution in [0.15, 0.2) is 24.3 Å². The van der Waals surface area contributed by atoms with Crippen molar-refractivity contribution in [1.82, 2.24) is 15.5 Å². The summed E-state index contributed by atoms with van der Waals surface area (Å²) in [7, 11) is 0. The van der Waals surface area contributed by atoms with Gasteiger partial charge >= 0.3 is 6.09 Å². The summed E-state index contributed by atoms with van der Waals surface area (Å²) in [5, 5.41) is 15.6. The maximum atomic E-state index is 13.9. The summed E-state index contributed by atoms with van der Waals surface area (Å²) in [6.45, 7) is 14.7. The van der Waals surface area contributed by atoms with Crippen LogP contribution in [0.3, 0.4) is 0 Å². The second-order valence-electron chi connectivity index (χ2n) is 10.6. The second-order valence-corrected chi connectivity index (χ2v) is 10.6. The summed E-state index contributed by atoms with van der Waals surface area (Å²) in [6, 6.07) is 5.49. The van der Waals surface area contributed by atoms with Crippen molar-refractivity contribution < 1.29 is 24.2 Å². The number of carbonyl (C=O) groups excluding carboxylic acids is 3. The molecule has 0 fully saturated rings. The predicted molar refractivity (Wildman–Crippen MR) is 138 cm³/mol. The minimum absolute atomic E-state index is 0.0579. The lowest BCUT2D eigenvalue weighted by Gasteiger charge is -2.35. The van der Waals surface area contributed by atoms with Crippen molar-refractivity contribution in [3.05, 3.63) is 35.4 Å². The topological polar surface area (TPSA) is 108 Å². The van der Waals surface area contributed by atoms with E-state index < -0.39 is 29.7 Å². The molecule has 8 nitrogen and oxygen atoms in total. The number of nitrogens with zero attached hydrogens (tertiary/aromatic N) is 1. The van der Waals surface area contributed by atoms with Crippen molar-refractivity contribution in [1.29, 1.82) is 0 Å². The normalized spacial score (nSPS) is 14.1. The van der Waals surface area contributed by atoms with E-state index in [-0.39, 0.29) is 31.0 Å². The Labute approximate surface area is 210 Å². The number of aliphatic hydroxyl groups is 1. The lowest BCUT2D eigenvalue weighted by atomic mass is 9.98. The molecule has 35 heavy (non-hydrogen) atoms. The fourth-order valence-corrected chi connectivity index (χ4v) is 3.96. The number of ether oxygens (including phenoxy) is 1. The molecule has 3 amide bonds. The minimum atomic E-state index is -0.955.